The van der Waals surface area contributed by atoms with Gasteiger partial charge < -0.3 is 9.88 Å². The van der Waals surface area contributed by atoms with Crippen molar-refractivity contribution in [3.8, 4) is 0 Å². The molecule has 1 atom stereocenters. The van der Waals surface area contributed by atoms with Crippen LogP contribution in [-0.4, -0.2) is 37.4 Å². The second kappa shape index (κ2) is 11.6. The molecule has 0 amide bonds. The van der Waals surface area contributed by atoms with E-state index in [1.54, 1.807) is 19.2 Å². The van der Waals surface area contributed by atoms with Crippen molar-refractivity contribution in [3.63, 3.8) is 0 Å². The van der Waals surface area contributed by atoms with E-state index in [1.807, 2.05) is 12.1 Å². The molecule has 0 radical (unpaired) electrons. The standard InChI is InChI=1S/C25H34N6O4S2/c1-19(14-20-8-4-3-5-9-20)26-15-21-10-6-7-11-23(21)30-36(32,33)24-13-12-22(16-27-24)29-37(34,35)25-17-31(2)18-28-25/h6-7,10-13,16-20,26,29-30H,3-5,8-9,14-15H2,1-2H3. The zero-order chi connectivity index (χ0) is 26.5. The van der Waals surface area contributed by atoms with E-state index >= 15 is 0 Å². The van der Waals surface area contributed by atoms with Crippen LogP contribution < -0.4 is 14.8 Å². The van der Waals surface area contributed by atoms with Crippen molar-refractivity contribution >= 4 is 31.4 Å². The van der Waals surface area contributed by atoms with Gasteiger partial charge in [0, 0.05) is 25.8 Å². The first kappa shape index (κ1) is 27.1. The third kappa shape index (κ3) is 7.30. The molecule has 1 fully saturated rings. The predicted octanol–water partition coefficient (Wildman–Crippen LogP) is 3.87. The summed E-state index contributed by atoms with van der Waals surface area (Å²) in [6.45, 7) is 2.71. The number of hydrogen-bond acceptors (Lipinski definition) is 7. The van der Waals surface area contributed by atoms with E-state index in [-0.39, 0.29) is 15.7 Å². The number of aromatic nitrogens is 3. The molecule has 3 N–H and O–H groups in total. The number of pyridine rings is 1. The molecule has 10 nitrogen and oxygen atoms in total. The van der Waals surface area contributed by atoms with Crippen LogP contribution in [0.5, 0.6) is 0 Å². The van der Waals surface area contributed by atoms with Crippen molar-refractivity contribution in [2.45, 2.75) is 68.1 Å². The van der Waals surface area contributed by atoms with Gasteiger partial charge in [0.25, 0.3) is 20.0 Å². The quantitative estimate of drug-likeness (QED) is 0.332. The van der Waals surface area contributed by atoms with Gasteiger partial charge in [0.2, 0.25) is 0 Å². The molecule has 37 heavy (non-hydrogen) atoms. The molecule has 1 saturated carbocycles. The average Bonchev–Trinajstić information content (AvgIpc) is 3.31. The van der Waals surface area contributed by atoms with Crippen LogP contribution in [0, 0.1) is 5.92 Å². The van der Waals surface area contributed by atoms with Gasteiger partial charge >= 0.3 is 0 Å². The van der Waals surface area contributed by atoms with Crippen molar-refractivity contribution in [2.24, 2.45) is 13.0 Å². The first-order valence-electron chi connectivity index (χ1n) is 12.4. The van der Waals surface area contributed by atoms with Gasteiger partial charge in [0.15, 0.2) is 10.1 Å². The van der Waals surface area contributed by atoms with E-state index in [1.165, 1.54) is 61.3 Å². The Morgan fingerprint density at radius 1 is 0.946 bits per heavy atom. The summed E-state index contributed by atoms with van der Waals surface area (Å²) in [5.41, 5.74) is 1.43. The molecular formula is C25H34N6O4S2. The predicted molar refractivity (Wildman–Crippen MR) is 143 cm³/mol. The first-order valence-corrected chi connectivity index (χ1v) is 15.4. The van der Waals surface area contributed by atoms with E-state index in [2.05, 4.69) is 31.7 Å². The van der Waals surface area contributed by atoms with Crippen LogP contribution in [0.4, 0.5) is 11.4 Å². The Morgan fingerprint density at radius 2 is 1.68 bits per heavy atom. The highest BCUT2D eigenvalue weighted by atomic mass is 32.2. The lowest BCUT2D eigenvalue weighted by Crippen LogP contribution is -2.29. The molecule has 0 spiro atoms. The van der Waals surface area contributed by atoms with E-state index in [0.29, 0.717) is 18.3 Å². The van der Waals surface area contributed by atoms with Gasteiger partial charge in [-0.1, -0.05) is 50.3 Å². The van der Waals surface area contributed by atoms with Crippen molar-refractivity contribution in [2.75, 3.05) is 9.44 Å². The summed E-state index contributed by atoms with van der Waals surface area (Å²) < 4.78 is 57.4. The number of rotatable bonds is 11. The number of para-hydroxylation sites is 1. The summed E-state index contributed by atoms with van der Waals surface area (Å²) in [6.07, 6.45) is 11.6. The van der Waals surface area contributed by atoms with Crippen molar-refractivity contribution in [1.82, 2.24) is 19.9 Å². The Kier molecular flexibility index (Phi) is 8.50. The normalized spacial score (nSPS) is 15.8. The Labute approximate surface area is 219 Å². The molecule has 3 aromatic rings. The smallest absolute Gasteiger partial charge is 0.280 e. The monoisotopic (exact) mass is 546 g/mol. The highest BCUT2D eigenvalue weighted by molar-refractivity contribution is 7.93. The van der Waals surface area contributed by atoms with Crippen molar-refractivity contribution in [1.29, 1.82) is 0 Å². The lowest BCUT2D eigenvalue weighted by atomic mass is 9.85. The SMILES string of the molecule is CC(CC1CCCCC1)NCc1ccccc1NS(=O)(=O)c1ccc(NS(=O)(=O)c2cn(C)cn2)cn1. The number of nitrogens with one attached hydrogen (secondary N) is 3. The van der Waals surface area contributed by atoms with Crippen LogP contribution in [0.25, 0.3) is 0 Å². The molecule has 1 aliphatic carbocycles. The number of hydrogen-bond donors (Lipinski definition) is 3. The number of sulfonamides is 2. The molecule has 1 aliphatic rings. The third-order valence-electron chi connectivity index (χ3n) is 6.53. The second-order valence-corrected chi connectivity index (χ2v) is 12.9. The van der Waals surface area contributed by atoms with E-state index < -0.39 is 20.0 Å². The molecule has 4 rings (SSSR count). The Bertz CT molecular complexity index is 1400. The zero-order valence-electron chi connectivity index (χ0n) is 21.1. The highest BCUT2D eigenvalue weighted by Crippen LogP contribution is 2.27. The van der Waals surface area contributed by atoms with Gasteiger partial charge in [-0.15, -0.1) is 0 Å². The van der Waals surface area contributed by atoms with Gasteiger partial charge in [-0.05, 0) is 43.0 Å². The van der Waals surface area contributed by atoms with Crippen LogP contribution in [0.1, 0.15) is 51.0 Å². The minimum Gasteiger partial charge on any atom is -0.339 e. The Hall–Kier alpha value is -2.96. The van der Waals surface area contributed by atoms with Crippen LogP contribution in [0.2, 0.25) is 0 Å². The van der Waals surface area contributed by atoms with Gasteiger partial charge in [-0.2, -0.15) is 16.8 Å². The van der Waals surface area contributed by atoms with Crippen LogP contribution >= 0.6 is 0 Å². The summed E-state index contributed by atoms with van der Waals surface area (Å²) in [6, 6.07) is 10.2. The molecule has 200 valence electrons. The summed E-state index contributed by atoms with van der Waals surface area (Å²) >= 11 is 0. The molecule has 12 heteroatoms. The molecule has 0 bridgehead atoms. The van der Waals surface area contributed by atoms with E-state index in [0.717, 1.165) is 24.1 Å². The highest BCUT2D eigenvalue weighted by Gasteiger charge is 2.21. The molecule has 1 unspecified atom stereocenters. The number of imidazole rings is 1. The number of aryl methyl sites for hydroxylation is 1. The first-order chi connectivity index (χ1) is 17.6. The summed E-state index contributed by atoms with van der Waals surface area (Å²) in [5.74, 6) is 0.757. The Morgan fingerprint density at radius 3 is 2.35 bits per heavy atom. The van der Waals surface area contributed by atoms with Gasteiger partial charge in [0.1, 0.15) is 0 Å². The topological polar surface area (TPSA) is 135 Å². The molecule has 0 aliphatic heterocycles. The minimum absolute atomic E-state index is 0.126. The zero-order valence-corrected chi connectivity index (χ0v) is 22.7. The van der Waals surface area contributed by atoms with Crippen molar-refractivity contribution in [3.05, 3.63) is 60.7 Å². The summed E-state index contributed by atoms with van der Waals surface area (Å²) in [5, 5.41) is 3.17. The fourth-order valence-corrected chi connectivity index (χ4v) is 6.65. The molecule has 1 aromatic carbocycles. The maximum atomic E-state index is 13.0. The van der Waals surface area contributed by atoms with Crippen LogP contribution in [0.3, 0.4) is 0 Å². The summed E-state index contributed by atoms with van der Waals surface area (Å²) in [4.78, 5) is 7.81. The second-order valence-electron chi connectivity index (χ2n) is 9.65. The molecular weight excluding hydrogens is 512 g/mol. The molecule has 2 heterocycles. The van der Waals surface area contributed by atoms with Crippen molar-refractivity contribution < 1.29 is 16.8 Å². The van der Waals surface area contributed by atoms with Crippen LogP contribution in [0.15, 0.2) is 65.2 Å². The maximum Gasteiger partial charge on any atom is 0.280 e. The number of benzene rings is 1. The summed E-state index contributed by atoms with van der Waals surface area (Å²) in [7, 11) is -6.24. The third-order valence-corrected chi connectivity index (χ3v) is 9.08. The fraction of sp³-hybridized carbons (Fsp3) is 0.440. The van der Waals surface area contributed by atoms with E-state index in [4.69, 9.17) is 0 Å². The number of nitrogens with zero attached hydrogens (tertiary/aromatic N) is 3. The largest absolute Gasteiger partial charge is 0.339 e. The fourth-order valence-electron chi connectivity index (χ4n) is 4.60. The lowest BCUT2D eigenvalue weighted by Gasteiger charge is -2.25. The molecule has 2 aromatic heterocycles. The van der Waals surface area contributed by atoms with Gasteiger partial charge in [-0.3, -0.25) is 9.44 Å². The minimum atomic E-state index is -3.99. The van der Waals surface area contributed by atoms with Gasteiger partial charge in [0.05, 0.1) is 23.9 Å². The van der Waals surface area contributed by atoms with E-state index in [9.17, 15) is 16.8 Å². The lowest BCUT2D eigenvalue weighted by molar-refractivity contribution is 0.305. The number of anilines is 2. The van der Waals surface area contributed by atoms with Crippen LogP contribution in [-0.2, 0) is 33.6 Å². The Balaban J connectivity index is 1.39. The maximum absolute atomic E-state index is 13.0. The van der Waals surface area contributed by atoms with Gasteiger partial charge in [-0.25, -0.2) is 9.97 Å². The molecule has 0 saturated heterocycles. The average molecular weight is 547 g/mol.